The predicted octanol–water partition coefficient (Wildman–Crippen LogP) is 5.80. The largest absolute Gasteiger partial charge is 0.459 e. The molecule has 220 valence electrons. The van der Waals surface area contributed by atoms with E-state index >= 15 is 0 Å². The summed E-state index contributed by atoms with van der Waals surface area (Å²) in [5, 5.41) is 5.25. The maximum Gasteiger partial charge on any atom is 0.408 e. The monoisotopic (exact) mass is 580 g/mol. The Morgan fingerprint density at radius 3 is 1.60 bits per heavy atom. The van der Waals surface area contributed by atoms with Crippen molar-refractivity contribution in [3.8, 4) is 0 Å². The van der Waals surface area contributed by atoms with Crippen molar-refractivity contribution in [2.24, 2.45) is 0 Å². The number of hydrogen-bond acceptors (Lipinski definition) is 7. The van der Waals surface area contributed by atoms with Crippen LogP contribution in [0.1, 0.15) is 39.9 Å². The Hall–Kier alpha value is -5.44. The van der Waals surface area contributed by atoms with Crippen LogP contribution in [0.5, 0.6) is 0 Å². The van der Waals surface area contributed by atoms with Crippen LogP contribution in [0, 0.1) is 0 Å². The van der Waals surface area contributed by atoms with Crippen molar-refractivity contribution in [3.05, 3.63) is 138 Å². The van der Waals surface area contributed by atoms with Crippen LogP contribution in [0.3, 0.4) is 0 Å². The molecule has 9 nitrogen and oxygen atoms in total. The van der Waals surface area contributed by atoms with Crippen LogP contribution in [-0.2, 0) is 43.6 Å². The van der Waals surface area contributed by atoms with E-state index in [2.05, 4.69) is 10.6 Å². The van der Waals surface area contributed by atoms with Gasteiger partial charge in [-0.15, -0.1) is 0 Å². The molecule has 1 atom stereocenters. The van der Waals surface area contributed by atoms with Gasteiger partial charge in [-0.2, -0.15) is 0 Å². The molecule has 0 fully saturated rings. The van der Waals surface area contributed by atoms with E-state index in [1.54, 1.807) is 24.3 Å². The topological polar surface area (TPSA) is 120 Å². The number of carbonyl (C=O) groups excluding carboxylic acids is 4. The first-order chi connectivity index (χ1) is 21.0. The highest BCUT2D eigenvalue weighted by atomic mass is 16.6. The molecule has 0 aliphatic carbocycles. The molecule has 0 aliphatic rings. The van der Waals surface area contributed by atoms with Crippen molar-refractivity contribution < 1.29 is 33.4 Å². The molecule has 0 radical (unpaired) electrons. The van der Waals surface area contributed by atoms with Crippen molar-refractivity contribution in [3.63, 3.8) is 0 Å². The lowest BCUT2D eigenvalue weighted by atomic mass is 10.1. The van der Waals surface area contributed by atoms with Crippen LogP contribution >= 0.6 is 0 Å². The Morgan fingerprint density at radius 2 is 1.07 bits per heavy atom. The minimum atomic E-state index is -1.11. The highest BCUT2D eigenvalue weighted by molar-refractivity contribution is 5.93. The minimum Gasteiger partial charge on any atom is -0.459 e. The summed E-state index contributed by atoms with van der Waals surface area (Å²) in [5.41, 5.74) is 3.25. The zero-order valence-corrected chi connectivity index (χ0v) is 23.4. The normalized spacial score (nSPS) is 11.1. The van der Waals surface area contributed by atoms with E-state index in [1.807, 2.05) is 91.0 Å². The van der Waals surface area contributed by atoms with Gasteiger partial charge >= 0.3 is 18.0 Å². The Balaban J connectivity index is 1.28. The second-order valence-corrected chi connectivity index (χ2v) is 9.58. The lowest BCUT2D eigenvalue weighted by Crippen LogP contribution is -2.42. The third-order valence-electron chi connectivity index (χ3n) is 6.29. The average Bonchev–Trinajstić information content (AvgIpc) is 3.05. The van der Waals surface area contributed by atoms with E-state index in [0.29, 0.717) is 11.3 Å². The van der Waals surface area contributed by atoms with Crippen LogP contribution in [0.25, 0.3) is 0 Å². The second kappa shape index (κ2) is 16.1. The smallest absolute Gasteiger partial charge is 0.408 e. The summed E-state index contributed by atoms with van der Waals surface area (Å²) >= 11 is 0. The van der Waals surface area contributed by atoms with E-state index in [4.69, 9.17) is 14.2 Å². The summed E-state index contributed by atoms with van der Waals surface area (Å²) in [5.74, 6) is -1.56. The summed E-state index contributed by atoms with van der Waals surface area (Å²) in [6, 6.07) is 32.7. The van der Waals surface area contributed by atoms with Gasteiger partial charge in [-0.3, -0.25) is 4.79 Å². The first kappa shape index (κ1) is 30.5. The fraction of sp³-hybridized carbons (Fsp3) is 0.176. The number of amides is 2. The van der Waals surface area contributed by atoms with Gasteiger partial charge in [0.1, 0.15) is 25.9 Å². The minimum absolute atomic E-state index is 0.0171. The maximum absolute atomic E-state index is 12.9. The van der Waals surface area contributed by atoms with Crippen LogP contribution in [0.15, 0.2) is 115 Å². The molecule has 0 aromatic heterocycles. The van der Waals surface area contributed by atoms with Gasteiger partial charge < -0.3 is 24.8 Å². The molecule has 4 aromatic carbocycles. The Kier molecular flexibility index (Phi) is 11.4. The summed E-state index contributed by atoms with van der Waals surface area (Å²) < 4.78 is 16.0. The molecular weight excluding hydrogens is 548 g/mol. The first-order valence-corrected chi connectivity index (χ1v) is 13.7. The molecule has 0 spiro atoms. The number of rotatable bonds is 13. The molecule has 4 aromatic rings. The summed E-state index contributed by atoms with van der Waals surface area (Å²) in [6.45, 7) is 0.193. The van der Waals surface area contributed by atoms with Crippen LogP contribution < -0.4 is 10.6 Å². The van der Waals surface area contributed by atoms with Crippen molar-refractivity contribution in [1.29, 1.82) is 0 Å². The van der Waals surface area contributed by atoms with Crippen LogP contribution in [0.4, 0.5) is 10.5 Å². The quantitative estimate of drug-likeness (QED) is 0.151. The molecule has 0 saturated carbocycles. The molecule has 2 N–H and O–H groups in total. The second-order valence-electron chi connectivity index (χ2n) is 9.58. The maximum atomic E-state index is 12.9. The molecule has 4 rings (SSSR count). The number of anilines is 1. The zero-order valence-electron chi connectivity index (χ0n) is 23.4. The Morgan fingerprint density at radius 1 is 0.581 bits per heavy atom. The molecule has 0 saturated heterocycles. The van der Waals surface area contributed by atoms with Gasteiger partial charge in [-0.05, 0) is 47.4 Å². The van der Waals surface area contributed by atoms with Gasteiger partial charge in [0, 0.05) is 12.1 Å². The number of esters is 2. The third-order valence-corrected chi connectivity index (χ3v) is 6.29. The molecular formula is C34H32N2O7. The number of nitrogens with one attached hydrogen (secondary N) is 2. The van der Waals surface area contributed by atoms with Crippen molar-refractivity contribution >= 4 is 29.6 Å². The highest BCUT2D eigenvalue weighted by Gasteiger charge is 2.24. The van der Waals surface area contributed by atoms with Crippen molar-refractivity contribution in [2.45, 2.75) is 38.7 Å². The molecule has 0 aliphatic heterocycles. The van der Waals surface area contributed by atoms with E-state index in [-0.39, 0.29) is 38.6 Å². The molecule has 2 amide bonds. The summed E-state index contributed by atoms with van der Waals surface area (Å²) in [4.78, 5) is 50.4. The molecule has 43 heavy (non-hydrogen) atoms. The molecule has 0 unspecified atom stereocenters. The van der Waals surface area contributed by atoms with Gasteiger partial charge in [0.05, 0.1) is 5.56 Å². The highest BCUT2D eigenvalue weighted by Crippen LogP contribution is 2.14. The predicted molar refractivity (Wildman–Crippen MR) is 160 cm³/mol. The van der Waals surface area contributed by atoms with Crippen LogP contribution in [-0.4, -0.2) is 30.0 Å². The van der Waals surface area contributed by atoms with Gasteiger partial charge in [0.15, 0.2) is 0 Å². The number of benzene rings is 4. The van der Waals surface area contributed by atoms with Gasteiger partial charge in [-0.1, -0.05) is 91.0 Å². The lowest BCUT2D eigenvalue weighted by Gasteiger charge is -2.18. The SMILES string of the molecule is O=C(CC[C@H](NC(=O)OCc1ccccc1)C(=O)OCc1ccccc1)Nc1ccc(C(=O)OCc2ccccc2)cc1. The lowest BCUT2D eigenvalue weighted by molar-refractivity contribution is -0.147. The van der Waals surface area contributed by atoms with Crippen LogP contribution in [0.2, 0.25) is 0 Å². The number of alkyl carbamates (subject to hydrolysis) is 1. The van der Waals surface area contributed by atoms with Gasteiger partial charge in [0.2, 0.25) is 5.91 Å². The number of ether oxygens (including phenoxy) is 3. The van der Waals surface area contributed by atoms with E-state index in [0.717, 1.165) is 16.7 Å². The number of hydrogen-bond donors (Lipinski definition) is 2. The van der Waals surface area contributed by atoms with E-state index in [1.165, 1.54) is 0 Å². The van der Waals surface area contributed by atoms with E-state index in [9.17, 15) is 19.2 Å². The zero-order chi connectivity index (χ0) is 30.3. The van der Waals surface area contributed by atoms with Crippen molar-refractivity contribution in [2.75, 3.05) is 5.32 Å². The van der Waals surface area contributed by atoms with Crippen molar-refractivity contribution in [1.82, 2.24) is 5.32 Å². The third kappa shape index (κ3) is 10.5. The summed E-state index contributed by atoms with van der Waals surface area (Å²) in [6.07, 6.45) is -0.921. The first-order valence-electron chi connectivity index (χ1n) is 13.7. The van der Waals surface area contributed by atoms with Gasteiger partial charge in [-0.25, -0.2) is 14.4 Å². The molecule has 9 heteroatoms. The standard InChI is InChI=1S/C34H32N2O7/c37-31(35-29-18-16-28(17-19-29)32(38)41-22-25-10-4-1-5-11-25)21-20-30(33(39)42-23-26-12-6-2-7-13-26)36-34(40)43-24-27-14-8-3-9-15-27/h1-19,30H,20-24H2,(H,35,37)(H,36,40)/t30-/m0/s1. The average molecular weight is 581 g/mol. The van der Waals surface area contributed by atoms with Gasteiger partial charge in [0.25, 0.3) is 0 Å². The Labute approximate surface area is 249 Å². The summed E-state index contributed by atoms with van der Waals surface area (Å²) in [7, 11) is 0. The molecule has 0 bridgehead atoms. The molecule has 0 heterocycles. The fourth-order valence-electron chi connectivity index (χ4n) is 3.98. The Bertz CT molecular complexity index is 1480. The number of carbonyl (C=O) groups is 4. The fourth-order valence-corrected chi connectivity index (χ4v) is 3.98. The van der Waals surface area contributed by atoms with E-state index < -0.39 is 24.1 Å².